The minimum Gasteiger partial charge on any atom is -0.481 e. The fourth-order valence-corrected chi connectivity index (χ4v) is 4.17. The number of ether oxygens (including phenoxy) is 1. The predicted molar refractivity (Wildman–Crippen MR) is 128 cm³/mol. The van der Waals surface area contributed by atoms with Gasteiger partial charge in [-0.05, 0) is 58.2 Å². The van der Waals surface area contributed by atoms with Crippen LogP contribution in [0.2, 0.25) is 10.0 Å². The van der Waals surface area contributed by atoms with E-state index in [1.807, 2.05) is 30.3 Å². The molecule has 0 radical (unpaired) electrons. The average Bonchev–Trinajstić information content (AvgIpc) is 2.72. The summed E-state index contributed by atoms with van der Waals surface area (Å²) in [7, 11) is 0. The smallest absolute Gasteiger partial charge is 0.262 e. The quantitative estimate of drug-likeness (QED) is 0.363. The lowest BCUT2D eigenvalue weighted by Crippen LogP contribution is -2.20. The van der Waals surface area contributed by atoms with Gasteiger partial charge in [-0.15, -0.1) is 0 Å². The molecule has 0 saturated carbocycles. The number of hydrogen-bond acceptors (Lipinski definition) is 3. The van der Waals surface area contributed by atoms with Gasteiger partial charge < -0.3 is 15.4 Å². The molecule has 0 atom stereocenters. The van der Waals surface area contributed by atoms with Crippen molar-refractivity contribution >= 4 is 62.3 Å². The third-order valence-corrected chi connectivity index (χ3v) is 5.31. The molecule has 0 spiro atoms. The maximum absolute atomic E-state index is 12.3. The lowest BCUT2D eigenvalue weighted by Gasteiger charge is -2.12. The number of rotatable bonds is 8. The molecule has 160 valence electrons. The average molecular weight is 522 g/mol. The fourth-order valence-electron chi connectivity index (χ4n) is 2.80. The third-order valence-electron chi connectivity index (χ3n) is 4.22. The van der Waals surface area contributed by atoms with Gasteiger partial charge in [-0.2, -0.15) is 0 Å². The first-order valence-electron chi connectivity index (χ1n) is 9.42. The van der Waals surface area contributed by atoms with Crippen LogP contribution in [0.25, 0.3) is 0 Å². The number of benzene rings is 3. The zero-order valence-corrected chi connectivity index (χ0v) is 19.4. The second kappa shape index (κ2) is 11.2. The summed E-state index contributed by atoms with van der Waals surface area (Å²) in [6.07, 6.45) is 1.02. The molecule has 3 rings (SSSR count). The van der Waals surface area contributed by atoms with Crippen LogP contribution in [0.15, 0.2) is 71.2 Å². The highest BCUT2D eigenvalue weighted by atomic mass is 79.9. The van der Waals surface area contributed by atoms with Gasteiger partial charge in [0, 0.05) is 22.8 Å². The van der Waals surface area contributed by atoms with Gasteiger partial charge in [0.1, 0.15) is 0 Å². The largest absolute Gasteiger partial charge is 0.481 e. The van der Waals surface area contributed by atoms with Crippen LogP contribution in [-0.4, -0.2) is 18.4 Å². The Morgan fingerprint density at radius 1 is 0.871 bits per heavy atom. The first-order chi connectivity index (χ1) is 14.9. The highest BCUT2D eigenvalue weighted by Gasteiger charge is 2.12. The molecular formula is C23H19BrCl2N2O3. The molecule has 0 aliphatic carbocycles. The SMILES string of the molecule is O=C(CCc1ccccc1)Nc1cccc(NC(=O)COc2c(Cl)cc(Cl)cc2Br)c1. The van der Waals surface area contributed by atoms with Crippen LogP contribution in [0.4, 0.5) is 11.4 Å². The predicted octanol–water partition coefficient (Wildman–Crippen LogP) is 6.34. The normalized spacial score (nSPS) is 10.4. The summed E-state index contributed by atoms with van der Waals surface area (Å²) < 4.78 is 6.06. The van der Waals surface area contributed by atoms with Crippen molar-refractivity contribution in [1.82, 2.24) is 0 Å². The van der Waals surface area contributed by atoms with Crippen molar-refractivity contribution in [2.45, 2.75) is 12.8 Å². The van der Waals surface area contributed by atoms with Crippen molar-refractivity contribution < 1.29 is 14.3 Å². The molecule has 31 heavy (non-hydrogen) atoms. The van der Waals surface area contributed by atoms with Crippen LogP contribution in [-0.2, 0) is 16.0 Å². The van der Waals surface area contributed by atoms with E-state index in [9.17, 15) is 9.59 Å². The Balaban J connectivity index is 1.51. The molecule has 0 unspecified atom stereocenters. The summed E-state index contributed by atoms with van der Waals surface area (Å²) in [5, 5.41) is 6.33. The molecule has 3 aromatic rings. The molecule has 8 heteroatoms. The molecule has 2 N–H and O–H groups in total. The first-order valence-corrected chi connectivity index (χ1v) is 11.0. The zero-order chi connectivity index (χ0) is 22.2. The summed E-state index contributed by atoms with van der Waals surface area (Å²) in [4.78, 5) is 24.5. The molecular weight excluding hydrogens is 503 g/mol. The van der Waals surface area contributed by atoms with E-state index in [-0.39, 0.29) is 18.4 Å². The molecule has 0 aromatic heterocycles. The molecule has 0 aliphatic heterocycles. The number of hydrogen-bond donors (Lipinski definition) is 2. The number of anilines is 2. The maximum Gasteiger partial charge on any atom is 0.262 e. The van der Waals surface area contributed by atoms with Crippen LogP contribution in [0, 0.1) is 0 Å². The minimum atomic E-state index is -0.370. The zero-order valence-electron chi connectivity index (χ0n) is 16.3. The number of carbonyl (C=O) groups is 2. The Labute approximate surface area is 198 Å². The monoisotopic (exact) mass is 520 g/mol. The van der Waals surface area contributed by atoms with Crippen LogP contribution < -0.4 is 15.4 Å². The lowest BCUT2D eigenvalue weighted by molar-refractivity contribution is -0.118. The van der Waals surface area contributed by atoms with Crippen LogP contribution in [0.1, 0.15) is 12.0 Å². The molecule has 0 heterocycles. The van der Waals surface area contributed by atoms with Gasteiger partial charge >= 0.3 is 0 Å². The standard InChI is InChI=1S/C23H19BrCl2N2O3/c24-19-11-16(25)12-20(26)23(19)31-14-22(30)28-18-8-4-7-17(13-18)27-21(29)10-9-15-5-2-1-3-6-15/h1-8,11-13H,9-10,14H2,(H,27,29)(H,28,30). The Hall–Kier alpha value is -2.54. The van der Waals surface area contributed by atoms with Crippen molar-refractivity contribution in [3.05, 3.63) is 86.8 Å². The number of carbonyl (C=O) groups excluding carboxylic acids is 2. The van der Waals surface area contributed by atoms with Crippen LogP contribution in [0.3, 0.4) is 0 Å². The van der Waals surface area contributed by atoms with Gasteiger partial charge in [0.25, 0.3) is 5.91 Å². The molecule has 0 fully saturated rings. The lowest BCUT2D eigenvalue weighted by atomic mass is 10.1. The minimum absolute atomic E-state index is 0.0992. The topological polar surface area (TPSA) is 67.4 Å². The van der Waals surface area contributed by atoms with E-state index in [1.165, 1.54) is 6.07 Å². The fraction of sp³-hybridized carbons (Fsp3) is 0.130. The Morgan fingerprint density at radius 2 is 1.55 bits per heavy atom. The molecule has 3 aromatic carbocycles. The van der Waals surface area contributed by atoms with Gasteiger partial charge in [0.2, 0.25) is 5.91 Å². The summed E-state index contributed by atoms with van der Waals surface area (Å²) in [5.74, 6) is -0.135. The van der Waals surface area contributed by atoms with E-state index < -0.39 is 0 Å². The van der Waals surface area contributed by atoms with Gasteiger partial charge in [-0.25, -0.2) is 0 Å². The summed E-state index contributed by atoms with van der Waals surface area (Å²) in [5.41, 5.74) is 2.24. The maximum atomic E-state index is 12.3. The van der Waals surface area contributed by atoms with E-state index >= 15 is 0 Å². The number of amides is 2. The third kappa shape index (κ3) is 7.28. The van der Waals surface area contributed by atoms with Crippen LogP contribution >= 0.6 is 39.1 Å². The van der Waals surface area contributed by atoms with E-state index in [0.29, 0.717) is 44.5 Å². The van der Waals surface area contributed by atoms with Gasteiger partial charge in [0.05, 0.1) is 9.50 Å². The van der Waals surface area contributed by atoms with E-state index in [2.05, 4.69) is 26.6 Å². The van der Waals surface area contributed by atoms with Gasteiger partial charge in [0.15, 0.2) is 12.4 Å². The van der Waals surface area contributed by atoms with Crippen molar-refractivity contribution in [1.29, 1.82) is 0 Å². The Morgan fingerprint density at radius 3 is 2.23 bits per heavy atom. The van der Waals surface area contributed by atoms with Crippen molar-refractivity contribution in [3.63, 3.8) is 0 Å². The summed E-state index contributed by atoms with van der Waals surface area (Å²) in [6.45, 7) is -0.242. The molecule has 2 amide bonds. The second-order valence-electron chi connectivity index (χ2n) is 6.65. The second-order valence-corrected chi connectivity index (χ2v) is 8.35. The highest BCUT2D eigenvalue weighted by Crippen LogP contribution is 2.36. The Kier molecular flexibility index (Phi) is 8.35. The molecule has 5 nitrogen and oxygen atoms in total. The van der Waals surface area contributed by atoms with Crippen LogP contribution in [0.5, 0.6) is 5.75 Å². The highest BCUT2D eigenvalue weighted by molar-refractivity contribution is 9.10. The molecule has 0 aliphatic rings. The summed E-state index contributed by atoms with van der Waals surface area (Å²) >= 11 is 15.3. The molecule has 0 saturated heterocycles. The van der Waals surface area contributed by atoms with Crippen molar-refractivity contribution in [2.75, 3.05) is 17.2 Å². The van der Waals surface area contributed by atoms with Gasteiger partial charge in [-0.3, -0.25) is 9.59 Å². The number of halogens is 3. The van der Waals surface area contributed by atoms with E-state index in [4.69, 9.17) is 27.9 Å². The molecule has 0 bridgehead atoms. The van der Waals surface area contributed by atoms with E-state index in [1.54, 1.807) is 30.3 Å². The van der Waals surface area contributed by atoms with E-state index in [0.717, 1.165) is 5.56 Å². The van der Waals surface area contributed by atoms with Gasteiger partial charge in [-0.1, -0.05) is 59.6 Å². The number of aryl methyl sites for hydroxylation is 1. The Bertz CT molecular complexity index is 1050. The first kappa shape index (κ1) is 23.1. The number of nitrogens with one attached hydrogen (secondary N) is 2. The van der Waals surface area contributed by atoms with Crippen molar-refractivity contribution in [2.24, 2.45) is 0 Å². The summed E-state index contributed by atoms with van der Waals surface area (Å²) in [6, 6.07) is 19.9. The van der Waals surface area contributed by atoms with Crippen molar-refractivity contribution in [3.8, 4) is 5.75 Å².